The maximum absolute atomic E-state index is 13.8. The topological polar surface area (TPSA) is 44.5 Å². The van der Waals surface area contributed by atoms with Gasteiger partial charge in [-0.2, -0.15) is 0 Å². The van der Waals surface area contributed by atoms with Gasteiger partial charge in [-0.15, -0.1) is 0 Å². The zero-order valence-corrected chi connectivity index (χ0v) is 12.2. The largest absolute Gasteiger partial charge is 0.491 e. The van der Waals surface area contributed by atoms with Gasteiger partial charge < -0.3 is 15.2 Å². The Morgan fingerprint density at radius 2 is 1.86 bits per heavy atom. The minimum absolute atomic E-state index is 0.178. The van der Waals surface area contributed by atoms with Gasteiger partial charge in [0.15, 0.2) is 0 Å². The van der Waals surface area contributed by atoms with E-state index in [4.69, 9.17) is 27.4 Å². The van der Waals surface area contributed by atoms with E-state index in [1.807, 2.05) is 30.3 Å². The molecule has 110 valence electrons. The van der Waals surface area contributed by atoms with Gasteiger partial charge in [-0.1, -0.05) is 42.5 Å². The Kier molecular flexibility index (Phi) is 5.66. The van der Waals surface area contributed by atoms with Gasteiger partial charge in [0.2, 0.25) is 0 Å². The highest BCUT2D eigenvalue weighted by molar-refractivity contribution is 7.80. The lowest BCUT2D eigenvalue weighted by Gasteiger charge is -2.08. The Bertz CT molecular complexity index is 604. The summed E-state index contributed by atoms with van der Waals surface area (Å²) in [5, 5.41) is 0. The minimum atomic E-state index is -0.371. The summed E-state index contributed by atoms with van der Waals surface area (Å²) in [6.07, 6.45) is 0. The van der Waals surface area contributed by atoms with Crippen LogP contribution in [0, 0.1) is 5.82 Å². The van der Waals surface area contributed by atoms with Gasteiger partial charge in [0, 0.05) is 11.1 Å². The lowest BCUT2D eigenvalue weighted by atomic mass is 10.1. The van der Waals surface area contributed by atoms with Crippen molar-refractivity contribution < 1.29 is 13.9 Å². The number of benzene rings is 2. The highest BCUT2D eigenvalue weighted by Crippen LogP contribution is 2.12. The van der Waals surface area contributed by atoms with Crippen LogP contribution in [-0.4, -0.2) is 18.2 Å². The molecular formula is C16H16FNO2S. The first kappa shape index (κ1) is 15.4. The Labute approximate surface area is 128 Å². The summed E-state index contributed by atoms with van der Waals surface area (Å²) >= 11 is 4.80. The summed E-state index contributed by atoms with van der Waals surface area (Å²) in [7, 11) is 0. The van der Waals surface area contributed by atoms with E-state index in [0.717, 1.165) is 5.75 Å². The molecule has 2 aromatic rings. The highest BCUT2D eigenvalue weighted by atomic mass is 32.1. The first-order chi connectivity index (χ1) is 10.2. The lowest BCUT2D eigenvalue weighted by molar-refractivity contribution is 0.0872. The second kappa shape index (κ2) is 7.71. The molecule has 5 heteroatoms. The van der Waals surface area contributed by atoms with Gasteiger partial charge >= 0.3 is 0 Å². The number of nitrogens with two attached hydrogens (primary N) is 1. The van der Waals surface area contributed by atoms with Crippen LogP contribution in [0.5, 0.6) is 5.75 Å². The van der Waals surface area contributed by atoms with Crippen molar-refractivity contribution in [3.63, 3.8) is 0 Å². The third-order valence-corrected chi connectivity index (χ3v) is 3.07. The number of halogens is 1. The molecule has 21 heavy (non-hydrogen) atoms. The van der Waals surface area contributed by atoms with Crippen LogP contribution in [0.3, 0.4) is 0 Å². The molecule has 2 aromatic carbocycles. The van der Waals surface area contributed by atoms with Gasteiger partial charge in [0.05, 0.1) is 13.2 Å². The Morgan fingerprint density at radius 1 is 1.10 bits per heavy atom. The van der Waals surface area contributed by atoms with Crippen LogP contribution in [-0.2, 0) is 11.3 Å². The molecule has 0 aliphatic heterocycles. The molecule has 0 radical (unpaired) electrons. The summed E-state index contributed by atoms with van der Waals surface area (Å²) < 4.78 is 24.6. The summed E-state index contributed by atoms with van der Waals surface area (Å²) in [5.41, 5.74) is 6.42. The van der Waals surface area contributed by atoms with Crippen molar-refractivity contribution in [1.82, 2.24) is 0 Å². The van der Waals surface area contributed by atoms with Crippen molar-refractivity contribution in [3.8, 4) is 5.75 Å². The first-order valence-electron chi connectivity index (χ1n) is 6.50. The molecule has 0 atom stereocenters. The Balaban J connectivity index is 1.75. The molecule has 0 heterocycles. The van der Waals surface area contributed by atoms with Crippen LogP contribution in [0.2, 0.25) is 0 Å². The zero-order valence-electron chi connectivity index (χ0n) is 11.4. The molecule has 0 saturated carbocycles. The molecule has 0 aliphatic rings. The van der Waals surface area contributed by atoms with Gasteiger partial charge in [0.25, 0.3) is 0 Å². The summed E-state index contributed by atoms with van der Waals surface area (Å²) in [6.45, 7) is 0.976. The number of rotatable bonds is 7. The number of hydrogen-bond acceptors (Lipinski definition) is 3. The van der Waals surface area contributed by atoms with Crippen LogP contribution in [0.15, 0.2) is 48.5 Å². The quantitative estimate of drug-likeness (QED) is 0.631. The fourth-order valence-corrected chi connectivity index (χ4v) is 1.86. The minimum Gasteiger partial charge on any atom is -0.491 e. The standard InChI is InChI=1S/C16H16FNO2S/c17-15-10-12(16(18)21)6-7-13(15)11-19-8-9-20-14-4-2-1-3-5-14/h1-7,10H,8-9,11H2,(H2,18,21). The Hall–Kier alpha value is -1.98. The second-order valence-electron chi connectivity index (χ2n) is 4.38. The predicted molar refractivity (Wildman–Crippen MR) is 83.9 cm³/mol. The van der Waals surface area contributed by atoms with Crippen LogP contribution < -0.4 is 10.5 Å². The molecule has 0 aromatic heterocycles. The Morgan fingerprint density at radius 3 is 2.52 bits per heavy atom. The van der Waals surface area contributed by atoms with Crippen molar-refractivity contribution in [3.05, 3.63) is 65.5 Å². The molecule has 0 aliphatic carbocycles. The highest BCUT2D eigenvalue weighted by Gasteiger charge is 2.05. The van der Waals surface area contributed by atoms with Gasteiger partial charge in [-0.05, 0) is 18.2 Å². The average molecular weight is 305 g/mol. The van der Waals surface area contributed by atoms with Crippen molar-refractivity contribution in [2.75, 3.05) is 13.2 Å². The van der Waals surface area contributed by atoms with Crippen LogP contribution in [0.1, 0.15) is 11.1 Å². The number of thiocarbonyl (C=S) groups is 1. The number of ether oxygens (including phenoxy) is 2. The summed E-state index contributed by atoms with van der Waals surface area (Å²) in [4.78, 5) is 0.178. The SMILES string of the molecule is NC(=S)c1ccc(COCCOc2ccccc2)c(F)c1. The maximum Gasteiger partial charge on any atom is 0.129 e. The molecule has 0 amide bonds. The summed E-state index contributed by atoms with van der Waals surface area (Å²) in [5.74, 6) is 0.414. The molecule has 0 saturated heterocycles. The van der Waals surface area contributed by atoms with E-state index in [0.29, 0.717) is 24.3 Å². The van der Waals surface area contributed by atoms with E-state index in [9.17, 15) is 4.39 Å². The number of para-hydroxylation sites is 1. The van der Waals surface area contributed by atoms with Crippen LogP contribution in [0.4, 0.5) is 4.39 Å². The molecule has 0 bridgehead atoms. The van der Waals surface area contributed by atoms with Crippen molar-refractivity contribution in [2.45, 2.75) is 6.61 Å². The number of hydrogen-bond donors (Lipinski definition) is 1. The third kappa shape index (κ3) is 4.81. The van der Waals surface area contributed by atoms with Gasteiger partial charge in [-0.25, -0.2) is 4.39 Å². The van der Waals surface area contributed by atoms with E-state index >= 15 is 0 Å². The van der Waals surface area contributed by atoms with E-state index in [1.165, 1.54) is 6.07 Å². The van der Waals surface area contributed by atoms with Crippen LogP contribution >= 0.6 is 12.2 Å². The van der Waals surface area contributed by atoms with E-state index in [-0.39, 0.29) is 17.4 Å². The van der Waals surface area contributed by atoms with E-state index in [1.54, 1.807) is 12.1 Å². The smallest absolute Gasteiger partial charge is 0.129 e. The molecule has 0 unspecified atom stereocenters. The van der Waals surface area contributed by atoms with Gasteiger partial charge in [0.1, 0.15) is 23.2 Å². The molecule has 3 nitrogen and oxygen atoms in total. The fraction of sp³-hybridized carbons (Fsp3) is 0.188. The van der Waals surface area contributed by atoms with Crippen molar-refractivity contribution >= 4 is 17.2 Å². The monoisotopic (exact) mass is 305 g/mol. The maximum atomic E-state index is 13.8. The molecular weight excluding hydrogens is 289 g/mol. The average Bonchev–Trinajstić information content (AvgIpc) is 2.49. The fourth-order valence-electron chi connectivity index (χ4n) is 1.73. The molecule has 0 spiro atoms. The predicted octanol–water partition coefficient (Wildman–Crippen LogP) is 3.06. The molecule has 2 N–H and O–H groups in total. The first-order valence-corrected chi connectivity index (χ1v) is 6.91. The molecule has 2 rings (SSSR count). The van der Waals surface area contributed by atoms with Crippen molar-refractivity contribution in [2.24, 2.45) is 5.73 Å². The van der Waals surface area contributed by atoms with Crippen molar-refractivity contribution in [1.29, 1.82) is 0 Å². The molecule has 0 fully saturated rings. The van der Waals surface area contributed by atoms with E-state index < -0.39 is 0 Å². The van der Waals surface area contributed by atoms with E-state index in [2.05, 4.69) is 0 Å². The second-order valence-corrected chi connectivity index (χ2v) is 4.82. The van der Waals surface area contributed by atoms with Gasteiger partial charge in [-0.3, -0.25) is 0 Å². The van der Waals surface area contributed by atoms with Crippen LogP contribution in [0.25, 0.3) is 0 Å². The normalized spacial score (nSPS) is 10.3. The third-order valence-electron chi connectivity index (χ3n) is 2.83. The zero-order chi connectivity index (χ0) is 15.1. The lowest BCUT2D eigenvalue weighted by Crippen LogP contribution is -2.11. The summed E-state index contributed by atoms with van der Waals surface area (Å²) in [6, 6.07) is 14.1.